The Labute approximate surface area is 151 Å². The molecule has 1 aromatic carbocycles. The smallest absolute Gasteiger partial charge is 0.387 e. The molecule has 2 aliphatic rings. The number of para-hydroxylation sites is 1. The zero-order chi connectivity index (χ0) is 18.5. The Morgan fingerprint density at radius 2 is 1.77 bits per heavy atom. The molecular formula is C18H23F2N3O3. The average Bonchev–Trinajstić information content (AvgIpc) is 2.68. The van der Waals surface area contributed by atoms with E-state index in [0.29, 0.717) is 26.2 Å². The van der Waals surface area contributed by atoms with Gasteiger partial charge in [0.25, 0.3) is 5.91 Å². The van der Waals surface area contributed by atoms with Gasteiger partial charge in [-0.1, -0.05) is 18.6 Å². The quantitative estimate of drug-likeness (QED) is 0.880. The molecule has 0 aromatic heterocycles. The average molecular weight is 367 g/mol. The molecule has 0 spiro atoms. The summed E-state index contributed by atoms with van der Waals surface area (Å²) in [5.74, 6) is -0.403. The molecule has 0 bridgehead atoms. The van der Waals surface area contributed by atoms with Crippen LogP contribution in [0.1, 0.15) is 29.6 Å². The summed E-state index contributed by atoms with van der Waals surface area (Å²) < 4.78 is 29.5. The molecule has 142 valence electrons. The van der Waals surface area contributed by atoms with Gasteiger partial charge < -0.3 is 19.9 Å². The van der Waals surface area contributed by atoms with Crippen molar-refractivity contribution in [3.05, 3.63) is 29.8 Å². The fourth-order valence-corrected chi connectivity index (χ4v) is 3.43. The molecule has 8 heteroatoms. The van der Waals surface area contributed by atoms with E-state index in [4.69, 9.17) is 0 Å². The van der Waals surface area contributed by atoms with E-state index in [-0.39, 0.29) is 29.2 Å². The highest BCUT2D eigenvalue weighted by Gasteiger charge is 2.30. The fraction of sp³-hybridized carbons (Fsp3) is 0.556. The van der Waals surface area contributed by atoms with Crippen molar-refractivity contribution in [2.75, 3.05) is 32.7 Å². The van der Waals surface area contributed by atoms with Crippen molar-refractivity contribution in [3.8, 4) is 5.75 Å². The third-order valence-corrected chi connectivity index (χ3v) is 4.82. The number of nitrogens with zero attached hydrogens (tertiary/aromatic N) is 2. The Kier molecular flexibility index (Phi) is 6.03. The van der Waals surface area contributed by atoms with Crippen LogP contribution in [0.5, 0.6) is 5.75 Å². The van der Waals surface area contributed by atoms with Crippen molar-refractivity contribution in [1.82, 2.24) is 15.1 Å². The first-order chi connectivity index (χ1) is 12.6. The maximum absolute atomic E-state index is 12.7. The lowest BCUT2D eigenvalue weighted by Gasteiger charge is -2.37. The first-order valence-corrected chi connectivity index (χ1v) is 8.91. The lowest BCUT2D eigenvalue weighted by molar-refractivity contribution is -0.135. The van der Waals surface area contributed by atoms with Gasteiger partial charge in [0.1, 0.15) is 5.75 Å². The van der Waals surface area contributed by atoms with Crippen LogP contribution in [-0.4, -0.2) is 67.0 Å². The van der Waals surface area contributed by atoms with Crippen LogP contribution in [0.4, 0.5) is 8.78 Å². The highest BCUT2D eigenvalue weighted by atomic mass is 19.3. The summed E-state index contributed by atoms with van der Waals surface area (Å²) in [4.78, 5) is 28.5. The van der Waals surface area contributed by atoms with Crippen molar-refractivity contribution in [2.24, 2.45) is 0 Å². The number of hydrogen-bond acceptors (Lipinski definition) is 4. The number of hydrogen-bond donors (Lipinski definition) is 1. The van der Waals surface area contributed by atoms with Crippen molar-refractivity contribution < 1.29 is 23.1 Å². The van der Waals surface area contributed by atoms with Gasteiger partial charge in [-0.2, -0.15) is 8.78 Å². The second-order valence-electron chi connectivity index (χ2n) is 6.49. The normalized spacial score (nSPS) is 21.0. The first kappa shape index (κ1) is 18.6. The minimum Gasteiger partial charge on any atom is -0.434 e. The van der Waals surface area contributed by atoms with Gasteiger partial charge in [0, 0.05) is 26.2 Å². The third kappa shape index (κ3) is 4.30. The summed E-state index contributed by atoms with van der Waals surface area (Å²) in [6.45, 7) is -0.487. The molecule has 1 aromatic rings. The topological polar surface area (TPSA) is 61.9 Å². The molecule has 2 amide bonds. The van der Waals surface area contributed by atoms with Crippen LogP contribution in [0, 0.1) is 0 Å². The molecule has 3 rings (SSSR count). The van der Waals surface area contributed by atoms with Crippen LogP contribution in [0.2, 0.25) is 0 Å². The number of ether oxygens (including phenoxy) is 1. The Morgan fingerprint density at radius 3 is 2.42 bits per heavy atom. The van der Waals surface area contributed by atoms with E-state index in [1.54, 1.807) is 21.9 Å². The van der Waals surface area contributed by atoms with Gasteiger partial charge >= 0.3 is 6.61 Å². The summed E-state index contributed by atoms with van der Waals surface area (Å²) in [6, 6.07) is 5.85. The molecule has 0 radical (unpaired) electrons. The Bertz CT molecular complexity index is 642. The monoisotopic (exact) mass is 367 g/mol. The molecular weight excluding hydrogens is 344 g/mol. The van der Waals surface area contributed by atoms with Crippen molar-refractivity contribution >= 4 is 11.8 Å². The molecule has 0 aliphatic carbocycles. The molecule has 2 saturated heterocycles. The van der Waals surface area contributed by atoms with E-state index in [1.807, 2.05) is 0 Å². The lowest BCUT2D eigenvalue weighted by Crippen LogP contribution is -2.55. The van der Waals surface area contributed by atoms with Crippen molar-refractivity contribution in [1.29, 1.82) is 0 Å². The number of carbonyl (C=O) groups excluding carboxylic acids is 2. The van der Waals surface area contributed by atoms with E-state index < -0.39 is 6.61 Å². The molecule has 6 nitrogen and oxygen atoms in total. The van der Waals surface area contributed by atoms with Crippen LogP contribution in [0.15, 0.2) is 24.3 Å². The van der Waals surface area contributed by atoms with Crippen LogP contribution in [-0.2, 0) is 4.79 Å². The van der Waals surface area contributed by atoms with Crippen LogP contribution in [0.25, 0.3) is 0 Å². The number of amides is 2. The highest BCUT2D eigenvalue weighted by Crippen LogP contribution is 2.22. The molecule has 1 N–H and O–H groups in total. The maximum atomic E-state index is 12.7. The number of piperidine rings is 1. The van der Waals surface area contributed by atoms with Crippen LogP contribution < -0.4 is 10.1 Å². The van der Waals surface area contributed by atoms with Crippen LogP contribution >= 0.6 is 0 Å². The number of piperazine rings is 1. The molecule has 0 saturated carbocycles. The van der Waals surface area contributed by atoms with E-state index in [1.165, 1.54) is 12.1 Å². The molecule has 1 unspecified atom stereocenters. The van der Waals surface area contributed by atoms with Gasteiger partial charge in [0.2, 0.25) is 5.91 Å². The number of nitrogens with one attached hydrogen (secondary N) is 1. The van der Waals surface area contributed by atoms with Crippen molar-refractivity contribution in [3.63, 3.8) is 0 Å². The first-order valence-electron chi connectivity index (χ1n) is 8.91. The van der Waals surface area contributed by atoms with Gasteiger partial charge in [0.15, 0.2) is 0 Å². The Morgan fingerprint density at radius 1 is 1.08 bits per heavy atom. The predicted molar refractivity (Wildman–Crippen MR) is 91.2 cm³/mol. The highest BCUT2D eigenvalue weighted by molar-refractivity contribution is 5.97. The zero-order valence-corrected chi connectivity index (χ0v) is 14.5. The minimum atomic E-state index is -2.98. The van der Waals surface area contributed by atoms with Gasteiger partial charge in [-0.15, -0.1) is 0 Å². The van der Waals surface area contributed by atoms with Gasteiger partial charge in [0.05, 0.1) is 11.6 Å². The predicted octanol–water partition coefficient (Wildman–Crippen LogP) is 1.71. The third-order valence-electron chi connectivity index (χ3n) is 4.82. The Hall–Kier alpha value is -2.22. The van der Waals surface area contributed by atoms with E-state index in [0.717, 1.165) is 25.8 Å². The van der Waals surface area contributed by atoms with Crippen molar-refractivity contribution in [2.45, 2.75) is 31.9 Å². The fourth-order valence-electron chi connectivity index (χ4n) is 3.43. The number of carbonyl (C=O) groups is 2. The van der Waals surface area contributed by atoms with E-state index in [2.05, 4.69) is 10.1 Å². The van der Waals surface area contributed by atoms with Gasteiger partial charge in [-0.05, 0) is 31.5 Å². The molecule has 2 aliphatic heterocycles. The van der Waals surface area contributed by atoms with E-state index >= 15 is 0 Å². The summed E-state index contributed by atoms with van der Waals surface area (Å²) >= 11 is 0. The summed E-state index contributed by atoms with van der Waals surface area (Å²) in [7, 11) is 0. The number of alkyl halides is 2. The summed E-state index contributed by atoms with van der Waals surface area (Å²) in [5.41, 5.74) is 0.113. The maximum Gasteiger partial charge on any atom is 0.387 e. The molecule has 2 heterocycles. The Balaban J connectivity index is 1.59. The summed E-state index contributed by atoms with van der Waals surface area (Å²) in [6.07, 6.45) is 2.98. The second-order valence-corrected chi connectivity index (χ2v) is 6.49. The zero-order valence-electron chi connectivity index (χ0n) is 14.5. The lowest BCUT2D eigenvalue weighted by atomic mass is 10.0. The SMILES string of the molecule is O=C(c1ccccc1OC(F)F)N1CCN(C(=O)C2CCCCN2)CC1. The largest absolute Gasteiger partial charge is 0.434 e. The van der Waals surface area contributed by atoms with Crippen LogP contribution in [0.3, 0.4) is 0 Å². The van der Waals surface area contributed by atoms with Gasteiger partial charge in [-0.3, -0.25) is 9.59 Å². The summed E-state index contributed by atoms with van der Waals surface area (Å²) in [5, 5.41) is 3.24. The molecule has 1 atom stereocenters. The molecule has 2 fully saturated rings. The van der Waals surface area contributed by atoms with E-state index in [9.17, 15) is 18.4 Å². The number of rotatable bonds is 4. The van der Waals surface area contributed by atoms with Gasteiger partial charge in [-0.25, -0.2) is 0 Å². The number of halogens is 2. The second kappa shape index (κ2) is 8.44. The standard InChI is InChI=1S/C18H23F2N3O3/c19-18(20)26-15-7-2-1-5-13(15)16(24)22-9-11-23(12-10-22)17(25)14-6-3-4-8-21-14/h1-2,5,7,14,18,21H,3-4,6,8-12H2. The number of benzene rings is 1. The minimum absolute atomic E-state index is 0.0817. The molecule has 26 heavy (non-hydrogen) atoms.